The molecule has 13 heteroatoms. The summed E-state index contributed by atoms with van der Waals surface area (Å²) in [5, 5.41) is 8.76. The van der Waals surface area contributed by atoms with Crippen LogP contribution in [0.4, 0.5) is 42.6 Å². The van der Waals surface area contributed by atoms with Gasteiger partial charge in [0.2, 0.25) is 0 Å². The van der Waals surface area contributed by atoms with Gasteiger partial charge in [-0.25, -0.2) is 4.79 Å². The summed E-state index contributed by atoms with van der Waals surface area (Å²) < 4.78 is 84.8. The molecular weight excluding hydrogens is 422 g/mol. The lowest BCUT2D eigenvalue weighted by Crippen LogP contribution is -2.22. The lowest BCUT2D eigenvalue weighted by atomic mass is 10.2. The van der Waals surface area contributed by atoms with Crippen LogP contribution in [-0.2, 0) is 13.5 Å². The number of nitrogens with zero attached hydrogens (tertiary/aromatic N) is 2. The fraction of sp³-hybridized carbons (Fsp3) is 0.412. The van der Waals surface area contributed by atoms with Crippen LogP contribution in [0.3, 0.4) is 0 Å². The highest BCUT2D eigenvalue weighted by molar-refractivity contribution is 5.99. The molecule has 2 amide bonds. The predicted molar refractivity (Wildman–Crippen MR) is 94.8 cm³/mol. The molecule has 0 radical (unpaired) electrons. The van der Waals surface area contributed by atoms with Crippen LogP contribution in [-0.4, -0.2) is 41.4 Å². The smallest absolute Gasteiger partial charge is 0.422 e. The van der Waals surface area contributed by atoms with Crippen molar-refractivity contribution in [3.8, 4) is 11.5 Å². The third-order valence-corrected chi connectivity index (χ3v) is 3.52. The quantitative estimate of drug-likeness (QED) is 0.622. The number of anilines is 2. The molecule has 0 unspecified atom stereocenters. The van der Waals surface area contributed by atoms with Crippen molar-refractivity contribution in [1.82, 2.24) is 9.78 Å². The number of nitrogens with one attached hydrogen (secondary N) is 2. The first kappa shape index (κ1) is 23.2. The monoisotopic (exact) mass is 440 g/mol. The summed E-state index contributed by atoms with van der Waals surface area (Å²) >= 11 is 0. The molecule has 0 spiro atoms. The zero-order chi connectivity index (χ0) is 22.5. The van der Waals surface area contributed by atoms with Gasteiger partial charge in [0, 0.05) is 42.7 Å². The third-order valence-electron chi connectivity index (χ3n) is 3.52. The Balaban J connectivity index is 2.15. The van der Waals surface area contributed by atoms with Gasteiger partial charge in [0.05, 0.1) is 0 Å². The van der Waals surface area contributed by atoms with Crippen molar-refractivity contribution in [3.05, 3.63) is 30.0 Å². The van der Waals surface area contributed by atoms with E-state index in [1.54, 1.807) is 17.8 Å². The van der Waals surface area contributed by atoms with Gasteiger partial charge in [-0.05, 0) is 6.42 Å². The van der Waals surface area contributed by atoms with Gasteiger partial charge in [0.25, 0.3) is 0 Å². The Labute approximate surface area is 166 Å². The lowest BCUT2D eigenvalue weighted by molar-refractivity contribution is -0.153. The van der Waals surface area contributed by atoms with E-state index in [1.165, 1.54) is 0 Å². The minimum absolute atomic E-state index is 0.143. The van der Waals surface area contributed by atoms with Crippen LogP contribution in [0.1, 0.15) is 12.6 Å². The number of ether oxygens (including phenoxy) is 2. The molecule has 1 aromatic heterocycles. The van der Waals surface area contributed by atoms with Gasteiger partial charge in [-0.15, -0.1) is 0 Å². The minimum atomic E-state index is -4.66. The number of halogens is 6. The summed E-state index contributed by atoms with van der Waals surface area (Å²) in [4.78, 5) is 12.1. The van der Waals surface area contributed by atoms with Crippen LogP contribution in [0.2, 0.25) is 0 Å². The fourth-order valence-corrected chi connectivity index (χ4v) is 2.32. The average molecular weight is 440 g/mol. The zero-order valence-electron chi connectivity index (χ0n) is 15.8. The zero-order valence-corrected chi connectivity index (χ0v) is 15.8. The Morgan fingerprint density at radius 3 is 1.93 bits per heavy atom. The molecule has 0 saturated carbocycles. The number of amides is 2. The Morgan fingerprint density at radius 2 is 1.50 bits per heavy atom. The number of carbonyl (C=O) groups is 1. The van der Waals surface area contributed by atoms with Crippen LogP contribution < -0.4 is 20.1 Å². The molecular formula is C17H18F6N4O3. The normalized spacial score (nSPS) is 11.9. The molecule has 0 bridgehead atoms. The van der Waals surface area contributed by atoms with E-state index in [4.69, 9.17) is 0 Å². The van der Waals surface area contributed by atoms with Gasteiger partial charge in [-0.1, -0.05) is 6.92 Å². The maximum Gasteiger partial charge on any atom is 0.422 e. The maximum atomic E-state index is 12.4. The van der Waals surface area contributed by atoms with Crippen LogP contribution in [0.15, 0.2) is 24.3 Å². The summed E-state index contributed by atoms with van der Waals surface area (Å²) in [6, 6.07) is 3.68. The SMILES string of the molecule is CCc1cc(NC(=O)Nc2cc(OCC(F)(F)F)cc(OCC(F)(F)F)c2)nn1C. The molecule has 30 heavy (non-hydrogen) atoms. The minimum Gasteiger partial charge on any atom is -0.484 e. The van der Waals surface area contributed by atoms with Gasteiger partial charge >= 0.3 is 18.4 Å². The average Bonchev–Trinajstić information content (AvgIpc) is 2.96. The second-order valence-corrected chi connectivity index (χ2v) is 6.08. The molecule has 1 heterocycles. The van der Waals surface area contributed by atoms with Crippen molar-refractivity contribution in [3.63, 3.8) is 0 Å². The predicted octanol–water partition coefficient (Wildman–Crippen LogP) is 4.51. The van der Waals surface area contributed by atoms with Crippen molar-refractivity contribution >= 4 is 17.5 Å². The first-order chi connectivity index (χ1) is 13.8. The second-order valence-electron chi connectivity index (χ2n) is 6.08. The molecule has 0 atom stereocenters. The molecule has 2 N–H and O–H groups in total. The molecule has 1 aromatic carbocycles. The van der Waals surface area contributed by atoms with Gasteiger partial charge < -0.3 is 14.8 Å². The van der Waals surface area contributed by atoms with E-state index in [2.05, 4.69) is 25.2 Å². The summed E-state index contributed by atoms with van der Waals surface area (Å²) in [6.45, 7) is -1.46. The van der Waals surface area contributed by atoms with Crippen molar-refractivity contribution in [1.29, 1.82) is 0 Å². The molecule has 2 rings (SSSR count). The molecule has 2 aromatic rings. The Bertz CT molecular complexity index is 843. The van der Waals surface area contributed by atoms with E-state index in [9.17, 15) is 31.1 Å². The highest BCUT2D eigenvalue weighted by Crippen LogP contribution is 2.29. The maximum absolute atomic E-state index is 12.4. The summed E-state index contributed by atoms with van der Waals surface area (Å²) in [6.07, 6.45) is -8.67. The number of hydrogen-bond acceptors (Lipinski definition) is 4. The summed E-state index contributed by atoms with van der Waals surface area (Å²) in [5.74, 6) is -0.660. The number of benzene rings is 1. The molecule has 0 fully saturated rings. The Hall–Kier alpha value is -3.12. The molecule has 0 saturated heterocycles. The first-order valence-corrected chi connectivity index (χ1v) is 8.50. The van der Waals surface area contributed by atoms with Gasteiger partial charge in [0.15, 0.2) is 19.0 Å². The number of aryl methyl sites for hydroxylation is 2. The van der Waals surface area contributed by atoms with E-state index < -0.39 is 43.1 Å². The van der Waals surface area contributed by atoms with E-state index >= 15 is 0 Å². The van der Waals surface area contributed by atoms with E-state index in [1.807, 2.05) is 6.92 Å². The van der Waals surface area contributed by atoms with Crippen LogP contribution >= 0.6 is 0 Å². The van der Waals surface area contributed by atoms with Gasteiger partial charge in [-0.3, -0.25) is 10.00 Å². The topological polar surface area (TPSA) is 77.4 Å². The van der Waals surface area contributed by atoms with Crippen LogP contribution in [0.5, 0.6) is 11.5 Å². The van der Waals surface area contributed by atoms with E-state index in [0.717, 1.165) is 23.9 Å². The first-order valence-electron chi connectivity index (χ1n) is 8.50. The molecule has 0 aliphatic rings. The Morgan fingerprint density at radius 1 is 0.967 bits per heavy atom. The number of urea groups is 1. The van der Waals surface area contributed by atoms with Crippen molar-refractivity contribution in [2.45, 2.75) is 25.7 Å². The fourth-order valence-electron chi connectivity index (χ4n) is 2.32. The number of carbonyl (C=O) groups excluding carboxylic acids is 1. The third kappa shape index (κ3) is 7.72. The summed E-state index contributed by atoms with van der Waals surface area (Å²) in [5.41, 5.74) is 0.687. The highest BCUT2D eigenvalue weighted by atomic mass is 19.4. The summed E-state index contributed by atoms with van der Waals surface area (Å²) in [7, 11) is 1.67. The van der Waals surface area contributed by atoms with E-state index in [0.29, 0.717) is 6.42 Å². The molecule has 0 aliphatic carbocycles. The molecule has 0 aliphatic heterocycles. The second kappa shape index (κ2) is 9.13. The number of alkyl halides is 6. The number of hydrogen-bond donors (Lipinski definition) is 2. The Kier molecular flexibility index (Phi) is 7.05. The number of aromatic nitrogens is 2. The lowest BCUT2D eigenvalue weighted by Gasteiger charge is -2.15. The standard InChI is InChI=1S/C17H18F6N4O3/c1-3-11-6-14(26-27(11)2)25-15(28)24-10-4-12(29-8-16(18,19)20)7-13(5-10)30-9-17(21,22)23/h4-7H,3,8-9H2,1-2H3,(H2,24,25,26,28). The van der Waals surface area contributed by atoms with E-state index in [-0.39, 0.29) is 11.5 Å². The van der Waals surface area contributed by atoms with Crippen molar-refractivity contribution < 1.29 is 40.6 Å². The van der Waals surface area contributed by atoms with Gasteiger partial charge in [0.1, 0.15) is 11.5 Å². The highest BCUT2D eigenvalue weighted by Gasteiger charge is 2.30. The molecule has 166 valence electrons. The largest absolute Gasteiger partial charge is 0.484 e. The number of rotatable bonds is 7. The van der Waals surface area contributed by atoms with Gasteiger partial charge in [-0.2, -0.15) is 31.4 Å². The van der Waals surface area contributed by atoms with Crippen molar-refractivity contribution in [2.24, 2.45) is 7.05 Å². The van der Waals surface area contributed by atoms with Crippen molar-refractivity contribution in [2.75, 3.05) is 23.8 Å². The van der Waals surface area contributed by atoms with Crippen LogP contribution in [0, 0.1) is 0 Å². The molecule has 7 nitrogen and oxygen atoms in total. The van der Waals surface area contributed by atoms with Crippen LogP contribution in [0.25, 0.3) is 0 Å².